The van der Waals surface area contributed by atoms with Gasteiger partial charge in [0.25, 0.3) is 0 Å². The summed E-state index contributed by atoms with van der Waals surface area (Å²) in [6.07, 6.45) is 1.76. The van der Waals surface area contributed by atoms with E-state index in [4.69, 9.17) is 16.7 Å². The Hall–Kier alpha value is -1.32. The van der Waals surface area contributed by atoms with Crippen molar-refractivity contribution >= 4 is 23.6 Å². The van der Waals surface area contributed by atoms with Crippen molar-refractivity contribution in [2.24, 2.45) is 5.92 Å². The molecule has 2 unspecified atom stereocenters. The first-order chi connectivity index (χ1) is 8.95. The monoisotopic (exact) mass is 281 g/mol. The van der Waals surface area contributed by atoms with E-state index in [0.29, 0.717) is 10.6 Å². The van der Waals surface area contributed by atoms with Crippen LogP contribution in [0, 0.1) is 5.92 Å². The van der Waals surface area contributed by atoms with Crippen LogP contribution in [0.3, 0.4) is 0 Å². The van der Waals surface area contributed by atoms with Gasteiger partial charge in [-0.25, -0.2) is 0 Å². The lowest BCUT2D eigenvalue weighted by atomic mass is 10.0. The van der Waals surface area contributed by atoms with Gasteiger partial charge in [0.05, 0.1) is 0 Å². The van der Waals surface area contributed by atoms with Crippen molar-refractivity contribution in [2.45, 2.75) is 26.8 Å². The number of hydrogen-bond donors (Lipinski definition) is 2. The van der Waals surface area contributed by atoms with Crippen molar-refractivity contribution in [3.05, 3.63) is 40.4 Å². The third-order valence-corrected chi connectivity index (χ3v) is 3.48. The van der Waals surface area contributed by atoms with Crippen molar-refractivity contribution in [2.75, 3.05) is 6.61 Å². The molecular weight excluding hydrogens is 262 g/mol. The fourth-order valence-electron chi connectivity index (χ4n) is 1.51. The number of aliphatic hydroxyl groups excluding tert-OH is 1. The van der Waals surface area contributed by atoms with Gasteiger partial charge >= 0.3 is 0 Å². The van der Waals surface area contributed by atoms with Crippen LogP contribution in [0.2, 0.25) is 5.02 Å². The van der Waals surface area contributed by atoms with Crippen LogP contribution in [0.5, 0.6) is 0 Å². The Bertz CT molecular complexity index is 471. The van der Waals surface area contributed by atoms with Gasteiger partial charge in [0.2, 0.25) is 5.91 Å². The molecule has 19 heavy (non-hydrogen) atoms. The molecule has 0 aliphatic carbocycles. The van der Waals surface area contributed by atoms with Crippen LogP contribution in [0.4, 0.5) is 0 Å². The van der Waals surface area contributed by atoms with Crippen molar-refractivity contribution in [1.82, 2.24) is 5.32 Å². The molecule has 2 atom stereocenters. The normalized spacial score (nSPS) is 14.9. The Morgan fingerprint density at radius 3 is 2.63 bits per heavy atom. The predicted molar refractivity (Wildman–Crippen MR) is 79.0 cm³/mol. The van der Waals surface area contributed by atoms with Crippen LogP contribution in [0.1, 0.15) is 26.3 Å². The lowest BCUT2D eigenvalue weighted by Gasteiger charge is -2.19. The molecule has 1 amide bonds. The number of carbonyl (C=O) groups excluding carboxylic acids is 1. The standard InChI is InChI=1S/C15H20ClNO2/c1-10(8-13-6-4-5-7-14(13)16)15(19)17-12(3)11(2)9-18/h4-8,11-12,18H,9H2,1-3H3,(H,17,19)/b10-8+. The second-order valence-corrected chi connectivity index (χ2v) is 5.18. The third kappa shape index (κ3) is 4.69. The van der Waals surface area contributed by atoms with E-state index in [0.717, 1.165) is 5.56 Å². The first-order valence-electron chi connectivity index (χ1n) is 6.30. The zero-order chi connectivity index (χ0) is 14.4. The highest BCUT2D eigenvalue weighted by atomic mass is 35.5. The summed E-state index contributed by atoms with van der Waals surface area (Å²) >= 11 is 6.04. The number of nitrogens with one attached hydrogen (secondary N) is 1. The van der Waals surface area contributed by atoms with Gasteiger partial charge in [-0.15, -0.1) is 0 Å². The largest absolute Gasteiger partial charge is 0.396 e. The molecule has 0 aliphatic rings. The molecular formula is C15H20ClNO2. The fraction of sp³-hybridized carbons (Fsp3) is 0.400. The first-order valence-corrected chi connectivity index (χ1v) is 6.68. The van der Waals surface area contributed by atoms with Crippen molar-refractivity contribution in [1.29, 1.82) is 0 Å². The molecule has 4 heteroatoms. The van der Waals surface area contributed by atoms with E-state index in [1.165, 1.54) is 0 Å². The van der Waals surface area contributed by atoms with Crippen molar-refractivity contribution in [3.8, 4) is 0 Å². The molecule has 1 aromatic carbocycles. The molecule has 3 nitrogen and oxygen atoms in total. The molecule has 104 valence electrons. The fourth-order valence-corrected chi connectivity index (χ4v) is 1.70. The van der Waals surface area contributed by atoms with Gasteiger partial charge < -0.3 is 10.4 Å². The summed E-state index contributed by atoms with van der Waals surface area (Å²) in [6.45, 7) is 5.56. The lowest BCUT2D eigenvalue weighted by Crippen LogP contribution is -2.38. The minimum Gasteiger partial charge on any atom is -0.396 e. The molecule has 0 radical (unpaired) electrons. The highest BCUT2D eigenvalue weighted by Gasteiger charge is 2.14. The van der Waals surface area contributed by atoms with Gasteiger partial charge in [-0.2, -0.15) is 0 Å². The van der Waals surface area contributed by atoms with E-state index in [2.05, 4.69) is 5.32 Å². The minimum absolute atomic E-state index is 0.0251. The summed E-state index contributed by atoms with van der Waals surface area (Å²) in [7, 11) is 0. The molecule has 0 bridgehead atoms. The van der Waals surface area contributed by atoms with Crippen LogP contribution in [-0.2, 0) is 4.79 Å². The summed E-state index contributed by atoms with van der Waals surface area (Å²) in [5.74, 6) is -0.121. The average Bonchev–Trinajstić information content (AvgIpc) is 2.40. The number of rotatable bonds is 5. The van der Waals surface area contributed by atoms with Gasteiger partial charge in [-0.05, 0) is 37.5 Å². The van der Waals surface area contributed by atoms with Crippen LogP contribution in [0.25, 0.3) is 6.08 Å². The van der Waals surface area contributed by atoms with Crippen molar-refractivity contribution < 1.29 is 9.90 Å². The van der Waals surface area contributed by atoms with Crippen molar-refractivity contribution in [3.63, 3.8) is 0 Å². The van der Waals surface area contributed by atoms with E-state index in [9.17, 15) is 4.79 Å². The van der Waals surface area contributed by atoms with E-state index in [-0.39, 0.29) is 24.5 Å². The molecule has 0 saturated carbocycles. The molecule has 2 N–H and O–H groups in total. The van der Waals surface area contributed by atoms with E-state index >= 15 is 0 Å². The Balaban J connectivity index is 2.75. The number of benzene rings is 1. The summed E-state index contributed by atoms with van der Waals surface area (Å²) in [5.41, 5.74) is 1.41. The Morgan fingerprint density at radius 1 is 1.42 bits per heavy atom. The second-order valence-electron chi connectivity index (χ2n) is 4.77. The van der Waals surface area contributed by atoms with E-state index in [1.54, 1.807) is 19.1 Å². The van der Waals surface area contributed by atoms with Gasteiger partial charge in [-0.3, -0.25) is 4.79 Å². The van der Waals surface area contributed by atoms with Crippen LogP contribution >= 0.6 is 11.6 Å². The van der Waals surface area contributed by atoms with Crippen LogP contribution in [-0.4, -0.2) is 23.7 Å². The molecule has 1 aromatic rings. The maximum absolute atomic E-state index is 12.0. The lowest BCUT2D eigenvalue weighted by molar-refractivity contribution is -0.118. The van der Waals surface area contributed by atoms with Gasteiger partial charge in [0.15, 0.2) is 0 Å². The number of aliphatic hydroxyl groups is 1. The molecule has 0 saturated heterocycles. The number of amides is 1. The number of hydrogen-bond acceptors (Lipinski definition) is 2. The average molecular weight is 282 g/mol. The molecule has 0 aromatic heterocycles. The van der Waals surface area contributed by atoms with E-state index in [1.807, 2.05) is 32.0 Å². The molecule has 0 aliphatic heterocycles. The SMILES string of the molecule is C/C(=C\c1ccccc1Cl)C(=O)NC(C)C(C)CO. The van der Waals surface area contributed by atoms with Crippen LogP contribution in [0.15, 0.2) is 29.8 Å². The van der Waals surface area contributed by atoms with Crippen LogP contribution < -0.4 is 5.32 Å². The quantitative estimate of drug-likeness (QED) is 0.816. The van der Waals surface area contributed by atoms with Gasteiger partial charge in [0.1, 0.15) is 0 Å². The minimum atomic E-state index is -0.146. The summed E-state index contributed by atoms with van der Waals surface area (Å²) < 4.78 is 0. The molecule has 1 rings (SSSR count). The molecule has 0 heterocycles. The van der Waals surface area contributed by atoms with Gasteiger partial charge in [-0.1, -0.05) is 36.7 Å². The Morgan fingerprint density at radius 2 is 2.05 bits per heavy atom. The summed E-state index contributed by atoms with van der Waals surface area (Å²) in [5, 5.41) is 12.5. The maximum Gasteiger partial charge on any atom is 0.247 e. The highest BCUT2D eigenvalue weighted by Crippen LogP contribution is 2.18. The summed E-state index contributed by atoms with van der Waals surface area (Å²) in [4.78, 5) is 12.0. The Kier molecular flexibility index (Phi) is 6.06. The maximum atomic E-state index is 12.0. The predicted octanol–water partition coefficient (Wildman–Crippen LogP) is 2.88. The van der Waals surface area contributed by atoms with Gasteiger partial charge in [0, 0.05) is 23.2 Å². The highest BCUT2D eigenvalue weighted by molar-refractivity contribution is 6.32. The second kappa shape index (κ2) is 7.31. The topological polar surface area (TPSA) is 49.3 Å². The number of carbonyl (C=O) groups is 1. The number of halogens is 1. The Labute approximate surface area is 119 Å². The van der Waals surface area contributed by atoms with E-state index < -0.39 is 0 Å². The zero-order valence-corrected chi connectivity index (χ0v) is 12.2. The third-order valence-electron chi connectivity index (χ3n) is 3.14. The smallest absolute Gasteiger partial charge is 0.247 e. The zero-order valence-electron chi connectivity index (χ0n) is 11.5. The molecule has 0 spiro atoms. The molecule has 0 fully saturated rings. The summed E-state index contributed by atoms with van der Waals surface area (Å²) in [6, 6.07) is 7.29. The first kappa shape index (κ1) is 15.7.